The average Bonchev–Trinajstić information content (AvgIpc) is 3.28. The summed E-state index contributed by atoms with van der Waals surface area (Å²) in [5, 5.41) is 19.5. The van der Waals surface area contributed by atoms with E-state index in [1.54, 1.807) is 12.7 Å². The molecule has 0 saturated heterocycles. The Balaban J connectivity index is 1.78. The molecule has 4 aromatic rings. The number of nitrogens with zero attached hydrogens (tertiary/aromatic N) is 5. The maximum absolute atomic E-state index is 9.56. The Hall–Kier alpha value is -3.43. The number of anilines is 1. The van der Waals surface area contributed by atoms with E-state index >= 15 is 0 Å². The second-order valence-corrected chi connectivity index (χ2v) is 7.15. The third-order valence-electron chi connectivity index (χ3n) is 4.44. The first-order chi connectivity index (χ1) is 13.7. The minimum absolute atomic E-state index is 0.630. The van der Waals surface area contributed by atoms with Crippen molar-refractivity contribution in [2.75, 3.05) is 5.01 Å². The van der Waals surface area contributed by atoms with E-state index in [1.165, 1.54) is 0 Å². The van der Waals surface area contributed by atoms with Crippen molar-refractivity contribution in [2.24, 2.45) is 0 Å². The highest BCUT2D eigenvalue weighted by molar-refractivity contribution is 9.10. The lowest BCUT2D eigenvalue weighted by Gasteiger charge is -2.26. The predicted molar refractivity (Wildman–Crippen MR) is 112 cm³/mol. The van der Waals surface area contributed by atoms with Crippen molar-refractivity contribution >= 4 is 21.6 Å². The smallest absolute Gasteiger partial charge is 0.139 e. The molecule has 5 nitrogen and oxygen atoms in total. The zero-order valence-electron chi connectivity index (χ0n) is 14.9. The van der Waals surface area contributed by atoms with E-state index in [1.807, 2.05) is 65.3 Å². The van der Waals surface area contributed by atoms with Gasteiger partial charge in [0.2, 0.25) is 0 Å². The van der Waals surface area contributed by atoms with Gasteiger partial charge in [0, 0.05) is 10.0 Å². The maximum atomic E-state index is 9.56. The van der Waals surface area contributed by atoms with E-state index in [0.717, 1.165) is 26.9 Å². The summed E-state index contributed by atoms with van der Waals surface area (Å²) in [6.07, 6.45) is 3.33. The Bertz CT molecular complexity index is 1100. The molecular formula is C22H16BrN5. The summed E-state index contributed by atoms with van der Waals surface area (Å²) >= 11 is 3.48. The molecule has 0 aliphatic heterocycles. The average molecular weight is 430 g/mol. The lowest BCUT2D eigenvalue weighted by Crippen LogP contribution is -2.27. The molecule has 6 heteroatoms. The summed E-state index contributed by atoms with van der Waals surface area (Å²) in [6, 6.07) is 26.3. The van der Waals surface area contributed by atoms with Crippen molar-refractivity contribution in [2.45, 2.75) is 6.54 Å². The quantitative estimate of drug-likeness (QED) is 0.445. The molecule has 0 saturated carbocycles. The van der Waals surface area contributed by atoms with Gasteiger partial charge in [-0.1, -0.05) is 58.4 Å². The van der Waals surface area contributed by atoms with Crippen LogP contribution in [-0.4, -0.2) is 14.9 Å². The SMILES string of the molecule is N#Cc1ccc(N(Cc2ccc(Br)cc2)n2cnnc2)cc1-c1ccccc1. The molecule has 0 radical (unpaired) electrons. The fourth-order valence-electron chi connectivity index (χ4n) is 3.04. The van der Waals surface area contributed by atoms with Gasteiger partial charge in [-0.2, -0.15) is 5.26 Å². The molecule has 0 unspecified atom stereocenters. The molecular weight excluding hydrogens is 414 g/mol. The third-order valence-corrected chi connectivity index (χ3v) is 4.97. The van der Waals surface area contributed by atoms with Gasteiger partial charge in [0.05, 0.1) is 23.9 Å². The molecule has 0 amide bonds. The van der Waals surface area contributed by atoms with Crippen molar-refractivity contribution in [1.82, 2.24) is 14.9 Å². The van der Waals surface area contributed by atoms with E-state index in [4.69, 9.17) is 0 Å². The number of nitriles is 1. The van der Waals surface area contributed by atoms with E-state index in [0.29, 0.717) is 12.1 Å². The van der Waals surface area contributed by atoms with Crippen molar-refractivity contribution in [3.63, 3.8) is 0 Å². The van der Waals surface area contributed by atoms with Gasteiger partial charge in [-0.15, -0.1) is 10.2 Å². The maximum Gasteiger partial charge on any atom is 0.139 e. The fourth-order valence-corrected chi connectivity index (χ4v) is 3.30. The standard InChI is InChI=1S/C22H16BrN5/c23-20-9-6-17(7-10-20)14-28(27-15-25-26-16-27)21-11-8-19(13-24)22(12-21)18-4-2-1-3-5-18/h1-12,15-16H,14H2. The highest BCUT2D eigenvalue weighted by Crippen LogP contribution is 2.29. The van der Waals surface area contributed by atoms with Crippen LogP contribution in [0.25, 0.3) is 11.1 Å². The first-order valence-electron chi connectivity index (χ1n) is 8.71. The minimum Gasteiger partial charge on any atom is -0.274 e. The summed E-state index contributed by atoms with van der Waals surface area (Å²) in [5.74, 6) is 0. The van der Waals surface area contributed by atoms with Gasteiger partial charge in [-0.05, 0) is 41.5 Å². The Labute approximate surface area is 171 Å². The van der Waals surface area contributed by atoms with Crippen molar-refractivity contribution < 1.29 is 0 Å². The van der Waals surface area contributed by atoms with Crippen LogP contribution in [0.1, 0.15) is 11.1 Å². The first kappa shape index (κ1) is 18.0. The van der Waals surface area contributed by atoms with Crippen LogP contribution in [0, 0.1) is 11.3 Å². The Morgan fingerprint density at radius 3 is 2.32 bits per heavy atom. The number of benzene rings is 3. The Morgan fingerprint density at radius 2 is 1.64 bits per heavy atom. The molecule has 1 heterocycles. The molecule has 1 aromatic heterocycles. The molecule has 0 aliphatic carbocycles. The van der Waals surface area contributed by atoms with Crippen LogP contribution in [0.3, 0.4) is 0 Å². The Kier molecular flexibility index (Phi) is 5.18. The van der Waals surface area contributed by atoms with Gasteiger partial charge in [0.1, 0.15) is 12.7 Å². The van der Waals surface area contributed by atoms with Crippen molar-refractivity contribution in [3.05, 3.63) is 101 Å². The molecule has 0 atom stereocenters. The third kappa shape index (κ3) is 3.80. The van der Waals surface area contributed by atoms with E-state index < -0.39 is 0 Å². The first-order valence-corrected chi connectivity index (χ1v) is 9.50. The summed E-state index contributed by atoms with van der Waals surface area (Å²) in [5.41, 5.74) is 4.63. The molecule has 0 N–H and O–H groups in total. The van der Waals surface area contributed by atoms with Gasteiger partial charge in [0.25, 0.3) is 0 Å². The van der Waals surface area contributed by atoms with Crippen molar-refractivity contribution in [3.8, 4) is 17.2 Å². The lowest BCUT2D eigenvalue weighted by atomic mass is 9.99. The van der Waals surface area contributed by atoms with Crippen LogP contribution in [-0.2, 0) is 6.54 Å². The predicted octanol–water partition coefficient (Wildman–Crippen LogP) is 5.05. The van der Waals surface area contributed by atoms with Crippen LogP contribution in [0.4, 0.5) is 5.69 Å². The zero-order chi connectivity index (χ0) is 19.3. The van der Waals surface area contributed by atoms with Crippen LogP contribution in [0.5, 0.6) is 0 Å². The molecule has 28 heavy (non-hydrogen) atoms. The monoisotopic (exact) mass is 429 g/mol. The molecule has 0 bridgehead atoms. The van der Waals surface area contributed by atoms with Crippen LogP contribution in [0.2, 0.25) is 0 Å². The van der Waals surface area contributed by atoms with Gasteiger partial charge in [-0.3, -0.25) is 5.01 Å². The summed E-state index contributed by atoms with van der Waals surface area (Å²) in [4.78, 5) is 0. The number of hydrogen-bond acceptors (Lipinski definition) is 4. The number of halogens is 1. The molecule has 3 aromatic carbocycles. The molecule has 0 fully saturated rings. The fraction of sp³-hybridized carbons (Fsp3) is 0.0455. The summed E-state index contributed by atoms with van der Waals surface area (Å²) in [6.45, 7) is 0.630. The summed E-state index contributed by atoms with van der Waals surface area (Å²) < 4.78 is 2.88. The Morgan fingerprint density at radius 1 is 0.929 bits per heavy atom. The lowest BCUT2D eigenvalue weighted by molar-refractivity contribution is 0.686. The molecule has 4 rings (SSSR count). The topological polar surface area (TPSA) is 57.7 Å². The van der Waals surface area contributed by atoms with Crippen molar-refractivity contribution in [1.29, 1.82) is 5.26 Å². The zero-order valence-corrected chi connectivity index (χ0v) is 16.5. The number of hydrogen-bond donors (Lipinski definition) is 0. The second kappa shape index (κ2) is 8.07. The summed E-state index contributed by atoms with van der Waals surface area (Å²) in [7, 11) is 0. The van der Waals surface area contributed by atoms with E-state index in [2.05, 4.69) is 49.3 Å². The van der Waals surface area contributed by atoms with E-state index in [-0.39, 0.29) is 0 Å². The van der Waals surface area contributed by atoms with Gasteiger partial charge in [0.15, 0.2) is 0 Å². The highest BCUT2D eigenvalue weighted by Gasteiger charge is 2.14. The highest BCUT2D eigenvalue weighted by atomic mass is 79.9. The van der Waals surface area contributed by atoms with Gasteiger partial charge >= 0.3 is 0 Å². The molecule has 0 spiro atoms. The van der Waals surface area contributed by atoms with Gasteiger partial charge < -0.3 is 0 Å². The van der Waals surface area contributed by atoms with E-state index in [9.17, 15) is 5.26 Å². The normalized spacial score (nSPS) is 10.4. The van der Waals surface area contributed by atoms with Crippen LogP contribution < -0.4 is 5.01 Å². The van der Waals surface area contributed by atoms with Crippen LogP contribution >= 0.6 is 15.9 Å². The van der Waals surface area contributed by atoms with Crippen LogP contribution in [0.15, 0.2) is 89.9 Å². The minimum atomic E-state index is 0.630. The second-order valence-electron chi connectivity index (χ2n) is 6.23. The largest absolute Gasteiger partial charge is 0.274 e. The van der Waals surface area contributed by atoms with Gasteiger partial charge in [-0.25, -0.2) is 4.68 Å². The number of rotatable bonds is 5. The molecule has 136 valence electrons. The molecule has 0 aliphatic rings. The number of aromatic nitrogens is 3.